The summed E-state index contributed by atoms with van der Waals surface area (Å²) in [5, 5.41) is 0. The first kappa shape index (κ1) is 14.9. The van der Waals surface area contributed by atoms with E-state index in [1.165, 1.54) is 10.5 Å². The van der Waals surface area contributed by atoms with Crippen LogP contribution in [-0.2, 0) is 14.9 Å². The van der Waals surface area contributed by atoms with E-state index in [0.29, 0.717) is 0 Å². The lowest BCUT2D eigenvalue weighted by Crippen LogP contribution is -2.25. The summed E-state index contributed by atoms with van der Waals surface area (Å²) >= 11 is 1.87. The van der Waals surface area contributed by atoms with E-state index in [1.807, 2.05) is 11.8 Å². The van der Waals surface area contributed by atoms with Crippen molar-refractivity contribution in [2.24, 2.45) is 0 Å². The van der Waals surface area contributed by atoms with Crippen molar-refractivity contribution in [2.45, 2.75) is 50.2 Å². The van der Waals surface area contributed by atoms with Gasteiger partial charge in [0.15, 0.2) is 6.29 Å². The summed E-state index contributed by atoms with van der Waals surface area (Å²) in [7, 11) is 0. The Morgan fingerprint density at radius 3 is 2.32 bits per heavy atom. The van der Waals surface area contributed by atoms with Gasteiger partial charge in [0.2, 0.25) is 0 Å². The third kappa shape index (κ3) is 4.83. The van der Waals surface area contributed by atoms with Crippen LogP contribution in [0.4, 0.5) is 0 Å². The summed E-state index contributed by atoms with van der Waals surface area (Å²) < 4.78 is 11.1. The fourth-order valence-corrected chi connectivity index (χ4v) is 2.90. The minimum Gasteiger partial charge on any atom is -0.353 e. The van der Waals surface area contributed by atoms with Crippen molar-refractivity contribution in [3.8, 4) is 0 Å². The Morgan fingerprint density at radius 2 is 1.74 bits per heavy atom. The number of thioether (sulfide) groups is 1. The largest absolute Gasteiger partial charge is 0.353 e. The maximum absolute atomic E-state index is 5.54. The minimum atomic E-state index is 0.00935. The molecule has 3 heteroatoms. The quantitative estimate of drug-likeness (QED) is 0.769. The smallest absolute Gasteiger partial charge is 0.158 e. The Kier molecular flexibility index (Phi) is 5.31. The molecule has 0 N–H and O–H groups in total. The van der Waals surface area contributed by atoms with Gasteiger partial charge in [-0.15, -0.1) is 11.8 Å². The van der Waals surface area contributed by atoms with Gasteiger partial charge in [-0.3, -0.25) is 0 Å². The predicted molar refractivity (Wildman–Crippen MR) is 80.8 cm³/mol. The van der Waals surface area contributed by atoms with E-state index in [4.69, 9.17) is 9.47 Å². The van der Waals surface area contributed by atoms with Crippen LogP contribution >= 0.6 is 11.8 Å². The molecule has 1 aromatic rings. The molecule has 1 saturated heterocycles. The highest BCUT2D eigenvalue weighted by Gasteiger charge is 2.14. The lowest BCUT2D eigenvalue weighted by atomic mass is 9.87. The number of hydrogen-bond donors (Lipinski definition) is 0. The topological polar surface area (TPSA) is 18.5 Å². The Bertz CT molecular complexity index is 375. The third-order valence-corrected chi connectivity index (χ3v) is 4.28. The molecule has 0 amide bonds. The van der Waals surface area contributed by atoms with Gasteiger partial charge < -0.3 is 9.47 Å². The lowest BCUT2D eigenvalue weighted by Gasteiger charge is -2.23. The maximum Gasteiger partial charge on any atom is 0.158 e. The molecule has 2 nitrogen and oxygen atoms in total. The van der Waals surface area contributed by atoms with E-state index in [1.54, 1.807) is 0 Å². The van der Waals surface area contributed by atoms with Gasteiger partial charge in [-0.2, -0.15) is 0 Å². The zero-order valence-electron chi connectivity index (χ0n) is 12.1. The monoisotopic (exact) mass is 280 g/mol. The van der Waals surface area contributed by atoms with Gasteiger partial charge in [0.05, 0.1) is 13.2 Å². The number of ether oxygens (including phenoxy) is 2. The van der Waals surface area contributed by atoms with Crippen molar-refractivity contribution in [3.63, 3.8) is 0 Å². The Balaban J connectivity index is 1.76. The Morgan fingerprint density at radius 1 is 1.11 bits per heavy atom. The molecule has 0 atom stereocenters. The van der Waals surface area contributed by atoms with Crippen molar-refractivity contribution < 1.29 is 9.47 Å². The molecular weight excluding hydrogens is 256 g/mol. The summed E-state index contributed by atoms with van der Waals surface area (Å²) in [6, 6.07) is 8.90. The van der Waals surface area contributed by atoms with Crippen LogP contribution < -0.4 is 0 Å². The molecule has 19 heavy (non-hydrogen) atoms. The first-order valence-corrected chi connectivity index (χ1v) is 8.01. The van der Waals surface area contributed by atoms with E-state index in [-0.39, 0.29) is 11.7 Å². The second kappa shape index (κ2) is 6.78. The fraction of sp³-hybridized carbons (Fsp3) is 0.625. The highest BCUT2D eigenvalue weighted by Crippen LogP contribution is 2.26. The van der Waals surface area contributed by atoms with Crippen LogP contribution in [-0.4, -0.2) is 25.3 Å². The van der Waals surface area contributed by atoms with Gasteiger partial charge in [-0.25, -0.2) is 0 Å². The minimum absolute atomic E-state index is 0.00935. The molecule has 1 aliphatic rings. The second-order valence-electron chi connectivity index (χ2n) is 5.94. The van der Waals surface area contributed by atoms with Crippen LogP contribution in [0.1, 0.15) is 39.2 Å². The van der Waals surface area contributed by atoms with Crippen LogP contribution in [0.5, 0.6) is 0 Å². The highest BCUT2D eigenvalue weighted by atomic mass is 32.2. The summed E-state index contributed by atoms with van der Waals surface area (Å²) in [6.07, 6.45) is 2.00. The molecule has 0 radical (unpaired) electrons. The van der Waals surface area contributed by atoms with Crippen molar-refractivity contribution in [1.29, 1.82) is 0 Å². The first-order chi connectivity index (χ1) is 9.05. The average Bonchev–Trinajstić information content (AvgIpc) is 2.39. The highest BCUT2D eigenvalue weighted by molar-refractivity contribution is 7.99. The third-order valence-electron chi connectivity index (χ3n) is 3.24. The molecule has 1 heterocycles. The molecule has 0 aromatic heterocycles. The van der Waals surface area contributed by atoms with Crippen molar-refractivity contribution in [3.05, 3.63) is 29.8 Å². The zero-order valence-corrected chi connectivity index (χ0v) is 13.0. The van der Waals surface area contributed by atoms with E-state index in [9.17, 15) is 0 Å². The molecule has 0 unspecified atom stereocenters. The van der Waals surface area contributed by atoms with Gasteiger partial charge in [0.1, 0.15) is 0 Å². The van der Waals surface area contributed by atoms with E-state index < -0.39 is 0 Å². The fourth-order valence-electron chi connectivity index (χ4n) is 2.03. The van der Waals surface area contributed by atoms with Crippen LogP contribution in [0.2, 0.25) is 0 Å². The van der Waals surface area contributed by atoms with Crippen LogP contribution in [0.3, 0.4) is 0 Å². The molecule has 1 aliphatic heterocycles. The summed E-state index contributed by atoms with van der Waals surface area (Å²) in [6.45, 7) is 8.41. The van der Waals surface area contributed by atoms with Gasteiger partial charge in [-0.05, 0) is 29.5 Å². The summed E-state index contributed by atoms with van der Waals surface area (Å²) in [5.41, 5.74) is 1.61. The number of rotatable bonds is 4. The van der Waals surface area contributed by atoms with Crippen LogP contribution in [0.25, 0.3) is 0 Å². The standard InChI is InChI=1S/C16H24O2S/c1-16(2,3)13-5-7-14(8-6-13)19-12-9-15-17-10-4-11-18-15/h5-8,15H,4,9-12H2,1-3H3. The predicted octanol–water partition coefficient (Wildman–Crippen LogP) is 4.23. The van der Waals surface area contributed by atoms with Crippen molar-refractivity contribution in [1.82, 2.24) is 0 Å². The molecule has 0 bridgehead atoms. The molecule has 0 saturated carbocycles. The zero-order chi connectivity index (χ0) is 13.7. The van der Waals surface area contributed by atoms with Crippen molar-refractivity contribution >= 4 is 11.8 Å². The second-order valence-corrected chi connectivity index (χ2v) is 7.10. The number of hydrogen-bond acceptors (Lipinski definition) is 3. The van der Waals surface area contributed by atoms with Gasteiger partial charge in [-0.1, -0.05) is 32.9 Å². The van der Waals surface area contributed by atoms with E-state index in [2.05, 4.69) is 45.0 Å². The summed E-state index contributed by atoms with van der Waals surface area (Å²) in [4.78, 5) is 1.32. The van der Waals surface area contributed by atoms with Gasteiger partial charge in [0.25, 0.3) is 0 Å². The molecule has 1 aromatic carbocycles. The molecule has 2 rings (SSSR count). The summed E-state index contributed by atoms with van der Waals surface area (Å²) in [5.74, 6) is 1.04. The Labute approximate surface area is 120 Å². The average molecular weight is 280 g/mol. The van der Waals surface area contributed by atoms with E-state index in [0.717, 1.165) is 31.8 Å². The van der Waals surface area contributed by atoms with E-state index >= 15 is 0 Å². The molecule has 0 aliphatic carbocycles. The lowest BCUT2D eigenvalue weighted by molar-refractivity contribution is -0.178. The SMILES string of the molecule is CC(C)(C)c1ccc(SCCC2OCCCO2)cc1. The molecule has 1 fully saturated rings. The number of benzene rings is 1. The van der Waals surface area contributed by atoms with Crippen LogP contribution in [0, 0.1) is 0 Å². The normalized spacial score (nSPS) is 17.6. The molecule has 106 valence electrons. The van der Waals surface area contributed by atoms with Gasteiger partial charge in [0, 0.05) is 17.1 Å². The first-order valence-electron chi connectivity index (χ1n) is 7.02. The van der Waals surface area contributed by atoms with Crippen molar-refractivity contribution in [2.75, 3.05) is 19.0 Å². The molecule has 0 spiro atoms. The van der Waals surface area contributed by atoms with Crippen LogP contribution in [0.15, 0.2) is 29.2 Å². The van der Waals surface area contributed by atoms with Gasteiger partial charge >= 0.3 is 0 Å². The molecular formula is C16H24O2S. The Hall–Kier alpha value is -0.510. The maximum atomic E-state index is 5.54.